The van der Waals surface area contributed by atoms with E-state index in [9.17, 15) is 9.59 Å². The van der Waals surface area contributed by atoms with E-state index in [0.717, 1.165) is 11.5 Å². The van der Waals surface area contributed by atoms with E-state index in [-0.39, 0.29) is 47.9 Å². The molecule has 1 saturated heterocycles. The Bertz CT molecular complexity index is 653. The molecule has 144 valence electrons. The molecule has 1 heterocycles. The summed E-state index contributed by atoms with van der Waals surface area (Å²) in [4.78, 5) is 29.6. The van der Waals surface area contributed by atoms with Crippen molar-refractivity contribution >= 4 is 41.8 Å². The van der Waals surface area contributed by atoms with Gasteiger partial charge in [0.25, 0.3) is 5.91 Å². The number of halogens is 1. The minimum Gasteiger partial charge on any atom is -0.353 e. The van der Waals surface area contributed by atoms with Gasteiger partial charge in [-0.3, -0.25) is 14.6 Å². The molecule has 0 aromatic heterocycles. The number of amides is 2. The number of nitrogens with zero attached hydrogens (tertiary/aromatic N) is 2. The largest absolute Gasteiger partial charge is 0.353 e. The van der Waals surface area contributed by atoms with E-state index in [1.165, 1.54) is 0 Å². The second-order valence-electron chi connectivity index (χ2n) is 7.07. The SMILES string of the molecule is CN=C(NCc1ccc(C(=O)N2CCNC(=O)C2)cc1)NC(C)(C)C.I. The molecule has 0 spiro atoms. The molecule has 1 aliphatic rings. The highest BCUT2D eigenvalue weighted by atomic mass is 127. The van der Waals surface area contributed by atoms with E-state index in [1.54, 1.807) is 24.1 Å². The van der Waals surface area contributed by atoms with Gasteiger partial charge < -0.3 is 20.9 Å². The second-order valence-corrected chi connectivity index (χ2v) is 7.07. The third-order valence-electron chi connectivity index (χ3n) is 3.70. The summed E-state index contributed by atoms with van der Waals surface area (Å²) in [5.74, 6) is 0.504. The lowest BCUT2D eigenvalue weighted by Crippen LogP contribution is -2.49. The Morgan fingerprint density at radius 3 is 2.46 bits per heavy atom. The van der Waals surface area contributed by atoms with Crippen LogP contribution in [0.2, 0.25) is 0 Å². The fourth-order valence-corrected chi connectivity index (χ4v) is 2.48. The monoisotopic (exact) mass is 473 g/mol. The molecule has 2 amide bonds. The van der Waals surface area contributed by atoms with Gasteiger partial charge in [-0.1, -0.05) is 12.1 Å². The Labute approximate surface area is 172 Å². The van der Waals surface area contributed by atoms with Crippen LogP contribution in [0.15, 0.2) is 29.3 Å². The van der Waals surface area contributed by atoms with Crippen LogP contribution in [0, 0.1) is 0 Å². The number of benzene rings is 1. The number of carbonyl (C=O) groups excluding carboxylic acids is 2. The average Bonchev–Trinajstić information content (AvgIpc) is 2.57. The fraction of sp³-hybridized carbons (Fsp3) is 0.500. The minimum atomic E-state index is -0.113. The van der Waals surface area contributed by atoms with Crippen LogP contribution in [0.3, 0.4) is 0 Å². The standard InChI is InChI=1S/C18H27N5O2.HI/c1-18(2,3)22-17(19-4)21-11-13-5-7-14(8-6-13)16(25)23-10-9-20-15(24)12-23;/h5-8H,9-12H2,1-4H3,(H,20,24)(H2,19,21,22);1H. The Morgan fingerprint density at radius 1 is 1.27 bits per heavy atom. The Kier molecular flexibility index (Phi) is 8.32. The quantitative estimate of drug-likeness (QED) is 0.352. The highest BCUT2D eigenvalue weighted by Crippen LogP contribution is 2.09. The average molecular weight is 473 g/mol. The first-order valence-corrected chi connectivity index (χ1v) is 8.42. The van der Waals surface area contributed by atoms with Crippen LogP contribution >= 0.6 is 24.0 Å². The molecule has 0 radical (unpaired) electrons. The van der Waals surface area contributed by atoms with Crippen LogP contribution < -0.4 is 16.0 Å². The molecule has 7 nitrogen and oxygen atoms in total. The van der Waals surface area contributed by atoms with E-state index in [0.29, 0.717) is 25.2 Å². The zero-order valence-electron chi connectivity index (χ0n) is 15.8. The van der Waals surface area contributed by atoms with E-state index in [1.807, 2.05) is 12.1 Å². The van der Waals surface area contributed by atoms with E-state index in [2.05, 4.69) is 41.7 Å². The number of nitrogens with one attached hydrogen (secondary N) is 3. The number of hydrogen-bond donors (Lipinski definition) is 3. The summed E-state index contributed by atoms with van der Waals surface area (Å²) in [5.41, 5.74) is 1.57. The number of rotatable bonds is 3. The van der Waals surface area contributed by atoms with Gasteiger partial charge in [-0.2, -0.15) is 0 Å². The third kappa shape index (κ3) is 6.81. The normalized spacial score (nSPS) is 15.0. The zero-order chi connectivity index (χ0) is 18.4. The van der Waals surface area contributed by atoms with Crippen molar-refractivity contribution in [1.82, 2.24) is 20.9 Å². The van der Waals surface area contributed by atoms with Crippen molar-refractivity contribution in [1.29, 1.82) is 0 Å². The third-order valence-corrected chi connectivity index (χ3v) is 3.70. The van der Waals surface area contributed by atoms with Crippen molar-refractivity contribution in [2.24, 2.45) is 4.99 Å². The number of carbonyl (C=O) groups is 2. The van der Waals surface area contributed by atoms with Crippen molar-refractivity contribution in [2.75, 3.05) is 26.7 Å². The molecule has 0 unspecified atom stereocenters. The molecule has 26 heavy (non-hydrogen) atoms. The van der Waals surface area contributed by atoms with E-state index < -0.39 is 0 Å². The summed E-state index contributed by atoms with van der Waals surface area (Å²) in [6, 6.07) is 7.42. The molecule has 0 bridgehead atoms. The highest BCUT2D eigenvalue weighted by molar-refractivity contribution is 14.0. The van der Waals surface area contributed by atoms with Gasteiger partial charge in [0, 0.05) is 37.8 Å². The minimum absolute atomic E-state index is 0. The van der Waals surface area contributed by atoms with Gasteiger partial charge >= 0.3 is 0 Å². The molecule has 8 heteroatoms. The second kappa shape index (κ2) is 9.75. The van der Waals surface area contributed by atoms with Gasteiger partial charge in [0.1, 0.15) is 0 Å². The van der Waals surface area contributed by atoms with Gasteiger partial charge in [-0.15, -0.1) is 24.0 Å². The molecule has 1 aromatic rings. The van der Waals surface area contributed by atoms with Gasteiger partial charge in [0.2, 0.25) is 5.91 Å². The van der Waals surface area contributed by atoms with Crippen LogP contribution in [0.25, 0.3) is 0 Å². The van der Waals surface area contributed by atoms with Crippen molar-refractivity contribution in [2.45, 2.75) is 32.9 Å². The first-order chi connectivity index (χ1) is 11.8. The van der Waals surface area contributed by atoms with Crippen molar-refractivity contribution < 1.29 is 9.59 Å². The first-order valence-electron chi connectivity index (χ1n) is 8.42. The Hall–Kier alpha value is -1.84. The molecule has 1 fully saturated rings. The predicted molar refractivity (Wildman–Crippen MR) is 114 cm³/mol. The number of piperazine rings is 1. The van der Waals surface area contributed by atoms with Crippen molar-refractivity contribution in [3.63, 3.8) is 0 Å². The smallest absolute Gasteiger partial charge is 0.254 e. The molecule has 3 N–H and O–H groups in total. The molecular weight excluding hydrogens is 445 g/mol. The summed E-state index contributed by atoms with van der Waals surface area (Å²) < 4.78 is 0. The molecule has 1 aliphatic heterocycles. The number of hydrogen-bond acceptors (Lipinski definition) is 3. The highest BCUT2D eigenvalue weighted by Gasteiger charge is 2.22. The summed E-state index contributed by atoms with van der Waals surface area (Å²) in [7, 11) is 1.73. The van der Waals surface area contributed by atoms with Crippen molar-refractivity contribution in [3.05, 3.63) is 35.4 Å². The van der Waals surface area contributed by atoms with Crippen LogP contribution in [0.4, 0.5) is 0 Å². The van der Waals surface area contributed by atoms with Crippen LogP contribution in [0.1, 0.15) is 36.7 Å². The van der Waals surface area contributed by atoms with Gasteiger partial charge in [-0.05, 0) is 38.5 Å². The summed E-state index contributed by atoms with van der Waals surface area (Å²) >= 11 is 0. The van der Waals surface area contributed by atoms with Gasteiger partial charge in [-0.25, -0.2) is 0 Å². The molecule has 0 aliphatic carbocycles. The predicted octanol–water partition coefficient (Wildman–Crippen LogP) is 1.34. The zero-order valence-corrected chi connectivity index (χ0v) is 18.1. The number of guanidine groups is 1. The summed E-state index contributed by atoms with van der Waals surface area (Å²) in [5, 5.41) is 9.26. The Morgan fingerprint density at radius 2 is 1.92 bits per heavy atom. The topological polar surface area (TPSA) is 85.8 Å². The molecule has 0 saturated carbocycles. The first kappa shape index (κ1) is 22.2. The molecular formula is C18H28IN5O2. The van der Waals surface area contributed by atoms with E-state index >= 15 is 0 Å². The molecule has 1 aromatic carbocycles. The van der Waals surface area contributed by atoms with Gasteiger partial charge in [0.05, 0.1) is 6.54 Å². The maximum Gasteiger partial charge on any atom is 0.254 e. The lowest BCUT2D eigenvalue weighted by Gasteiger charge is -2.26. The fourth-order valence-electron chi connectivity index (χ4n) is 2.48. The maximum atomic E-state index is 12.4. The molecule has 0 atom stereocenters. The van der Waals surface area contributed by atoms with Crippen LogP contribution in [-0.4, -0.2) is 54.9 Å². The number of aliphatic imine (C=N–C) groups is 1. The van der Waals surface area contributed by atoms with E-state index in [4.69, 9.17) is 0 Å². The van der Waals surface area contributed by atoms with Crippen LogP contribution in [-0.2, 0) is 11.3 Å². The lowest BCUT2D eigenvalue weighted by molar-refractivity contribution is -0.123. The van der Waals surface area contributed by atoms with Gasteiger partial charge in [0.15, 0.2) is 5.96 Å². The molecule has 2 rings (SSSR count). The lowest BCUT2D eigenvalue weighted by atomic mass is 10.1. The Balaban J connectivity index is 0.00000338. The summed E-state index contributed by atoms with van der Waals surface area (Å²) in [6.45, 7) is 7.99. The van der Waals surface area contributed by atoms with Crippen LogP contribution in [0.5, 0.6) is 0 Å². The van der Waals surface area contributed by atoms with Crippen molar-refractivity contribution in [3.8, 4) is 0 Å². The summed E-state index contributed by atoms with van der Waals surface area (Å²) in [6.07, 6.45) is 0. The maximum absolute atomic E-state index is 12.4.